The van der Waals surface area contributed by atoms with E-state index in [1.165, 1.54) is 0 Å². The Morgan fingerprint density at radius 2 is 2.21 bits per heavy atom. The van der Waals surface area contributed by atoms with Gasteiger partial charge in [-0.25, -0.2) is 0 Å². The van der Waals surface area contributed by atoms with E-state index in [1.54, 1.807) is 0 Å². The van der Waals surface area contributed by atoms with E-state index in [0.717, 1.165) is 55.8 Å². The summed E-state index contributed by atoms with van der Waals surface area (Å²) in [5.41, 5.74) is 2.85. The highest BCUT2D eigenvalue weighted by atomic mass is 16.2. The molecule has 1 saturated heterocycles. The number of aryl methyl sites for hydroxylation is 1. The summed E-state index contributed by atoms with van der Waals surface area (Å²) < 4.78 is 0. The van der Waals surface area contributed by atoms with Crippen LogP contribution in [0.4, 0.5) is 0 Å². The highest BCUT2D eigenvalue weighted by Crippen LogP contribution is 2.19. The lowest BCUT2D eigenvalue weighted by atomic mass is 10.1. The third-order valence-corrected chi connectivity index (χ3v) is 4.93. The van der Waals surface area contributed by atoms with Gasteiger partial charge in [0.1, 0.15) is 0 Å². The fourth-order valence-electron chi connectivity index (χ4n) is 3.45. The number of pyridine rings is 1. The van der Waals surface area contributed by atoms with Crippen LogP contribution < -0.4 is 0 Å². The fraction of sp³-hybridized carbons (Fsp3) is 0.474. The van der Waals surface area contributed by atoms with E-state index >= 15 is 0 Å². The largest absolute Gasteiger partial charge is 0.365 e. The highest BCUT2D eigenvalue weighted by Gasteiger charge is 2.24. The molecule has 1 aliphatic heterocycles. The third kappa shape index (κ3) is 3.85. The van der Waals surface area contributed by atoms with Gasteiger partial charge in [-0.3, -0.25) is 14.7 Å². The maximum absolute atomic E-state index is 12.7. The molecule has 24 heavy (non-hydrogen) atoms. The Kier molecular flexibility index (Phi) is 5.30. The molecule has 1 N–H and O–H groups in total. The first-order valence-electron chi connectivity index (χ1n) is 8.68. The number of aromatic nitrogens is 2. The summed E-state index contributed by atoms with van der Waals surface area (Å²) in [6.07, 6.45) is 6.87. The van der Waals surface area contributed by atoms with Crippen LogP contribution in [0.15, 0.2) is 36.7 Å². The first kappa shape index (κ1) is 16.7. The Morgan fingerprint density at radius 3 is 2.92 bits per heavy atom. The van der Waals surface area contributed by atoms with Gasteiger partial charge in [-0.1, -0.05) is 6.07 Å². The minimum absolute atomic E-state index is 0.154. The maximum Gasteiger partial charge on any atom is 0.255 e. The van der Waals surface area contributed by atoms with E-state index in [9.17, 15) is 4.79 Å². The molecule has 5 heteroatoms. The molecule has 128 valence electrons. The van der Waals surface area contributed by atoms with Crippen LogP contribution in [0.2, 0.25) is 0 Å². The molecule has 1 aliphatic rings. The Hall–Kier alpha value is -2.14. The van der Waals surface area contributed by atoms with E-state index in [2.05, 4.69) is 28.0 Å². The number of H-pyrrole nitrogens is 1. The van der Waals surface area contributed by atoms with Crippen LogP contribution in [0.3, 0.4) is 0 Å². The molecule has 0 aromatic carbocycles. The minimum atomic E-state index is 0.154. The smallest absolute Gasteiger partial charge is 0.255 e. The van der Waals surface area contributed by atoms with E-state index < -0.39 is 0 Å². The molecule has 0 radical (unpaired) electrons. The van der Waals surface area contributed by atoms with Crippen molar-refractivity contribution in [3.63, 3.8) is 0 Å². The van der Waals surface area contributed by atoms with Crippen molar-refractivity contribution in [2.24, 2.45) is 0 Å². The van der Waals surface area contributed by atoms with Gasteiger partial charge >= 0.3 is 0 Å². The Balaban J connectivity index is 1.58. The van der Waals surface area contributed by atoms with Crippen LogP contribution in [0.5, 0.6) is 0 Å². The van der Waals surface area contributed by atoms with Gasteiger partial charge in [-0.05, 0) is 51.4 Å². The maximum atomic E-state index is 12.7. The van der Waals surface area contributed by atoms with Crippen LogP contribution >= 0.6 is 0 Å². The van der Waals surface area contributed by atoms with E-state index in [4.69, 9.17) is 0 Å². The van der Waals surface area contributed by atoms with Crippen molar-refractivity contribution in [3.05, 3.63) is 53.6 Å². The van der Waals surface area contributed by atoms with E-state index in [-0.39, 0.29) is 5.91 Å². The number of rotatable bonds is 4. The monoisotopic (exact) mass is 326 g/mol. The van der Waals surface area contributed by atoms with E-state index in [1.807, 2.05) is 42.4 Å². The molecule has 1 atom stereocenters. The minimum Gasteiger partial charge on any atom is -0.365 e. The molecule has 1 amide bonds. The summed E-state index contributed by atoms with van der Waals surface area (Å²) in [6, 6.07) is 8.42. The van der Waals surface area contributed by atoms with Crippen molar-refractivity contribution in [2.45, 2.75) is 38.8 Å². The summed E-state index contributed by atoms with van der Waals surface area (Å²) in [7, 11) is 2.16. The van der Waals surface area contributed by atoms with Crippen molar-refractivity contribution >= 4 is 5.91 Å². The molecule has 0 aliphatic carbocycles. The number of carbonyl (C=O) groups excluding carboxylic acids is 1. The predicted molar refractivity (Wildman–Crippen MR) is 94.8 cm³/mol. The molecule has 5 nitrogen and oxygen atoms in total. The molecule has 0 unspecified atom stereocenters. The Morgan fingerprint density at radius 1 is 1.33 bits per heavy atom. The van der Waals surface area contributed by atoms with Gasteiger partial charge in [0.15, 0.2) is 0 Å². The van der Waals surface area contributed by atoms with Gasteiger partial charge in [-0.15, -0.1) is 0 Å². The molecule has 0 spiro atoms. The van der Waals surface area contributed by atoms with Gasteiger partial charge < -0.3 is 9.88 Å². The molecule has 1 fully saturated rings. The average Bonchev–Trinajstić information content (AvgIpc) is 2.87. The number of aromatic amines is 1. The normalized spacial score (nSPS) is 18.6. The van der Waals surface area contributed by atoms with Gasteiger partial charge in [0.2, 0.25) is 0 Å². The summed E-state index contributed by atoms with van der Waals surface area (Å²) in [6.45, 7) is 4.48. The lowest BCUT2D eigenvalue weighted by Gasteiger charge is -2.27. The fourth-order valence-corrected chi connectivity index (χ4v) is 3.45. The summed E-state index contributed by atoms with van der Waals surface area (Å²) >= 11 is 0. The predicted octanol–water partition coefficient (Wildman–Crippen LogP) is 2.84. The quantitative estimate of drug-likeness (QED) is 0.940. The second-order valence-electron chi connectivity index (χ2n) is 6.63. The zero-order valence-corrected chi connectivity index (χ0v) is 14.5. The Bertz CT molecular complexity index is 667. The molecule has 0 bridgehead atoms. The number of nitrogens with zero attached hydrogens (tertiary/aromatic N) is 3. The van der Waals surface area contributed by atoms with Crippen LogP contribution in [-0.2, 0) is 6.54 Å². The first-order chi connectivity index (χ1) is 11.6. The number of hydrogen-bond donors (Lipinski definition) is 1. The van der Waals surface area contributed by atoms with Gasteiger partial charge in [0.05, 0.1) is 11.3 Å². The number of carbonyl (C=O) groups is 1. The highest BCUT2D eigenvalue weighted by molar-refractivity contribution is 5.95. The topological polar surface area (TPSA) is 52.2 Å². The number of amides is 1. The summed E-state index contributed by atoms with van der Waals surface area (Å²) in [5, 5.41) is 0. The number of nitrogens with one attached hydrogen (secondary N) is 1. The van der Waals surface area contributed by atoms with E-state index in [0.29, 0.717) is 6.04 Å². The van der Waals surface area contributed by atoms with Crippen molar-refractivity contribution in [1.29, 1.82) is 0 Å². The lowest BCUT2D eigenvalue weighted by Crippen LogP contribution is -2.35. The van der Waals surface area contributed by atoms with Crippen LogP contribution in [-0.4, -0.2) is 51.9 Å². The standard InChI is InChI=1S/C19H26N4O/c1-15-18(8-11-20-15)19(24)23-12-5-7-17(9-13-23)22(2)14-16-6-3-4-10-21-16/h3-4,6,8,10-11,17,20H,5,7,9,12-14H2,1-2H3/t17-/m1/s1. The van der Waals surface area contributed by atoms with Crippen molar-refractivity contribution in [3.8, 4) is 0 Å². The lowest BCUT2D eigenvalue weighted by molar-refractivity contribution is 0.0757. The van der Waals surface area contributed by atoms with Gasteiger partial charge in [0.25, 0.3) is 5.91 Å². The van der Waals surface area contributed by atoms with Crippen LogP contribution in [0.1, 0.15) is 41.0 Å². The molecule has 2 aromatic heterocycles. The summed E-state index contributed by atoms with van der Waals surface area (Å²) in [4.78, 5) is 24.6. The first-order valence-corrected chi connectivity index (χ1v) is 8.68. The number of likely N-dealkylation sites (tertiary alicyclic amines) is 1. The summed E-state index contributed by atoms with van der Waals surface area (Å²) in [5.74, 6) is 0.154. The van der Waals surface area contributed by atoms with Crippen molar-refractivity contribution in [1.82, 2.24) is 19.8 Å². The Labute approximate surface area is 143 Å². The van der Waals surface area contributed by atoms with Crippen LogP contribution in [0.25, 0.3) is 0 Å². The zero-order valence-electron chi connectivity index (χ0n) is 14.5. The molecule has 0 saturated carbocycles. The molecule has 2 aromatic rings. The van der Waals surface area contributed by atoms with Gasteiger partial charge in [0, 0.05) is 43.8 Å². The van der Waals surface area contributed by atoms with Crippen molar-refractivity contribution in [2.75, 3.05) is 20.1 Å². The zero-order chi connectivity index (χ0) is 16.9. The van der Waals surface area contributed by atoms with Gasteiger partial charge in [-0.2, -0.15) is 0 Å². The number of hydrogen-bond acceptors (Lipinski definition) is 3. The second kappa shape index (κ2) is 7.62. The second-order valence-corrected chi connectivity index (χ2v) is 6.63. The molecular formula is C19H26N4O. The molecule has 3 heterocycles. The van der Waals surface area contributed by atoms with Crippen LogP contribution in [0, 0.1) is 6.92 Å². The third-order valence-electron chi connectivity index (χ3n) is 4.93. The van der Waals surface area contributed by atoms with Crippen molar-refractivity contribution < 1.29 is 4.79 Å². The SMILES string of the molecule is Cc1[nH]ccc1C(=O)N1CCC[C@@H](N(C)Cc2ccccn2)CC1. The molecule has 3 rings (SSSR count). The average molecular weight is 326 g/mol. The molecular weight excluding hydrogens is 300 g/mol.